The fourth-order valence-electron chi connectivity index (χ4n) is 4.15. The highest BCUT2D eigenvalue weighted by Gasteiger charge is 2.36. The summed E-state index contributed by atoms with van der Waals surface area (Å²) in [5.41, 5.74) is 1.16. The molecule has 2 N–H and O–H groups in total. The quantitative estimate of drug-likeness (QED) is 0.800. The number of hydrogen-bond acceptors (Lipinski definition) is 6. The Bertz CT molecular complexity index is 807. The summed E-state index contributed by atoms with van der Waals surface area (Å²) in [6, 6.07) is 5.55. The average molecular weight is 409 g/mol. The molecule has 2 aliphatic heterocycles. The van der Waals surface area contributed by atoms with Crippen LogP contribution in [0.5, 0.6) is 0 Å². The Kier molecular flexibility index (Phi) is 5.20. The van der Waals surface area contributed by atoms with Gasteiger partial charge in [-0.2, -0.15) is 13.2 Å². The Morgan fingerprint density at radius 3 is 2.52 bits per heavy atom. The Labute approximate surface area is 168 Å². The van der Waals surface area contributed by atoms with Crippen LogP contribution in [-0.4, -0.2) is 64.8 Å². The lowest BCUT2D eigenvalue weighted by molar-refractivity contribution is -0.137. The molecule has 0 amide bonds. The van der Waals surface area contributed by atoms with E-state index in [9.17, 15) is 18.3 Å². The number of aliphatic hydroxyl groups excluding tert-OH is 1. The van der Waals surface area contributed by atoms with Gasteiger partial charge in [0.15, 0.2) is 12.1 Å². The fourth-order valence-corrected chi connectivity index (χ4v) is 4.15. The van der Waals surface area contributed by atoms with Gasteiger partial charge in [-0.15, -0.1) is 0 Å². The van der Waals surface area contributed by atoms with E-state index >= 15 is 0 Å². The number of rotatable bonds is 4. The largest absolute Gasteiger partial charge is 0.416 e. The van der Waals surface area contributed by atoms with Gasteiger partial charge in [0.2, 0.25) is 0 Å². The van der Waals surface area contributed by atoms with Crippen LogP contribution in [0.15, 0.2) is 41.2 Å². The molecule has 4 rings (SSSR count). The van der Waals surface area contributed by atoms with E-state index < -0.39 is 11.7 Å². The van der Waals surface area contributed by atoms with Gasteiger partial charge in [0.1, 0.15) is 0 Å². The number of hydrogen-bond donors (Lipinski definition) is 2. The Hall–Kier alpha value is -2.26. The summed E-state index contributed by atoms with van der Waals surface area (Å²) in [7, 11) is 3.93. The molecule has 3 atom stereocenters. The number of aliphatic imine (C=N–C) groups is 1. The molecule has 9 heteroatoms. The molecule has 1 aromatic rings. The second kappa shape index (κ2) is 7.53. The third-order valence-electron chi connectivity index (χ3n) is 5.74. The highest BCUT2D eigenvalue weighted by molar-refractivity contribution is 5.99. The number of fused-ring (bicyclic) bond motifs is 1. The van der Waals surface area contributed by atoms with Gasteiger partial charge in [0, 0.05) is 32.9 Å². The van der Waals surface area contributed by atoms with Crippen molar-refractivity contribution in [3.63, 3.8) is 0 Å². The highest BCUT2D eigenvalue weighted by Crippen LogP contribution is 2.30. The molecule has 158 valence electrons. The Morgan fingerprint density at radius 1 is 1.17 bits per heavy atom. The van der Waals surface area contributed by atoms with Crippen LogP contribution in [0.25, 0.3) is 0 Å². The number of alkyl halides is 3. The van der Waals surface area contributed by atoms with Gasteiger partial charge in [-0.05, 0) is 37.0 Å². The third-order valence-corrected chi connectivity index (χ3v) is 5.74. The van der Waals surface area contributed by atoms with Gasteiger partial charge in [0.05, 0.1) is 24.0 Å². The topological polar surface area (TPSA) is 54.3 Å². The fraction of sp³-hybridized carbons (Fsp3) is 0.550. The van der Waals surface area contributed by atoms with E-state index in [1.54, 1.807) is 0 Å². The lowest BCUT2D eigenvalue weighted by Crippen LogP contribution is -2.45. The molecule has 3 aliphatic rings. The molecule has 1 unspecified atom stereocenters. The van der Waals surface area contributed by atoms with Crippen molar-refractivity contribution in [1.29, 1.82) is 0 Å². The Morgan fingerprint density at radius 2 is 1.90 bits per heavy atom. The molecule has 0 spiro atoms. The van der Waals surface area contributed by atoms with E-state index in [4.69, 9.17) is 4.99 Å². The van der Waals surface area contributed by atoms with Gasteiger partial charge in [-0.25, -0.2) is 4.99 Å². The first kappa shape index (κ1) is 20.0. The van der Waals surface area contributed by atoms with Crippen molar-refractivity contribution in [2.24, 2.45) is 4.99 Å². The molecule has 0 bridgehead atoms. The Balaban J connectivity index is 1.45. The molecule has 1 aliphatic carbocycles. The van der Waals surface area contributed by atoms with Crippen LogP contribution in [0.1, 0.15) is 30.4 Å². The highest BCUT2D eigenvalue weighted by atomic mass is 19.4. The van der Waals surface area contributed by atoms with Crippen molar-refractivity contribution < 1.29 is 18.3 Å². The minimum atomic E-state index is -4.32. The maximum atomic E-state index is 12.8. The van der Waals surface area contributed by atoms with Crippen LogP contribution < -0.4 is 5.32 Å². The zero-order chi connectivity index (χ0) is 20.8. The standard InChI is InChI=1S/C20H26F3N5O/c1-26-12-28(10-13-3-5-14(6-4-13)20(21,22)23)11-17-18(26)25-19(27(17)2)24-15-7-8-16(29)9-15/h3-6,11,15-16,19,24,29H,7-10,12H2,1-2H3/t15-,16+,19?/m0/s1. The molecule has 29 heavy (non-hydrogen) atoms. The van der Waals surface area contributed by atoms with Crippen molar-refractivity contribution in [3.05, 3.63) is 47.3 Å². The first-order valence-corrected chi connectivity index (χ1v) is 9.79. The summed E-state index contributed by atoms with van der Waals surface area (Å²) in [4.78, 5) is 11.0. The molecule has 1 aromatic carbocycles. The van der Waals surface area contributed by atoms with Crippen molar-refractivity contribution in [2.75, 3.05) is 20.8 Å². The first-order valence-electron chi connectivity index (χ1n) is 9.79. The van der Waals surface area contributed by atoms with E-state index in [2.05, 4.69) is 15.1 Å². The molecule has 1 saturated carbocycles. The molecule has 0 radical (unpaired) electrons. The number of aliphatic hydroxyl groups is 1. The molecule has 0 aromatic heterocycles. The number of amidine groups is 1. The van der Waals surface area contributed by atoms with Crippen molar-refractivity contribution in [3.8, 4) is 0 Å². The lowest BCUT2D eigenvalue weighted by atomic mass is 10.1. The van der Waals surface area contributed by atoms with Crippen molar-refractivity contribution in [2.45, 2.75) is 50.4 Å². The monoisotopic (exact) mass is 409 g/mol. The molecule has 6 nitrogen and oxygen atoms in total. The summed E-state index contributed by atoms with van der Waals surface area (Å²) in [6.07, 6.45) is -0.234. The predicted octanol–water partition coefficient (Wildman–Crippen LogP) is 2.38. The van der Waals surface area contributed by atoms with E-state index in [1.165, 1.54) is 12.1 Å². The number of nitrogens with zero attached hydrogens (tertiary/aromatic N) is 4. The second-order valence-electron chi connectivity index (χ2n) is 8.06. The van der Waals surface area contributed by atoms with Gasteiger partial charge < -0.3 is 19.8 Å². The predicted molar refractivity (Wildman–Crippen MR) is 103 cm³/mol. The molecule has 2 heterocycles. The van der Waals surface area contributed by atoms with E-state index in [1.807, 2.05) is 25.2 Å². The van der Waals surface area contributed by atoms with Gasteiger partial charge in [-0.1, -0.05) is 12.1 Å². The van der Waals surface area contributed by atoms with Crippen LogP contribution in [0.4, 0.5) is 13.2 Å². The maximum absolute atomic E-state index is 12.8. The summed E-state index contributed by atoms with van der Waals surface area (Å²) in [5, 5.41) is 13.3. The molecule has 1 fully saturated rings. The minimum Gasteiger partial charge on any atom is -0.393 e. The van der Waals surface area contributed by atoms with Gasteiger partial charge in [0.25, 0.3) is 0 Å². The number of benzene rings is 1. The third kappa shape index (κ3) is 4.20. The molecule has 0 saturated heterocycles. The van der Waals surface area contributed by atoms with Crippen LogP contribution >= 0.6 is 0 Å². The molecular formula is C20H26F3N5O. The van der Waals surface area contributed by atoms with Crippen LogP contribution in [-0.2, 0) is 12.7 Å². The maximum Gasteiger partial charge on any atom is 0.416 e. The number of nitrogens with one attached hydrogen (secondary N) is 1. The van der Waals surface area contributed by atoms with Crippen LogP contribution in [0.2, 0.25) is 0 Å². The van der Waals surface area contributed by atoms with Gasteiger partial charge >= 0.3 is 6.18 Å². The van der Waals surface area contributed by atoms with E-state index in [-0.39, 0.29) is 18.4 Å². The SMILES string of the molecule is CN1CN(Cc2ccc(C(F)(F)F)cc2)C=C2C1=NC(N[C@H]1CC[C@@H](O)C1)N2C. The zero-order valence-electron chi connectivity index (χ0n) is 16.5. The molecular weight excluding hydrogens is 383 g/mol. The zero-order valence-corrected chi connectivity index (χ0v) is 16.5. The summed E-state index contributed by atoms with van der Waals surface area (Å²) in [5.74, 6) is 0.896. The van der Waals surface area contributed by atoms with Crippen LogP contribution in [0, 0.1) is 0 Å². The van der Waals surface area contributed by atoms with Crippen LogP contribution in [0.3, 0.4) is 0 Å². The average Bonchev–Trinajstić information content (AvgIpc) is 3.20. The summed E-state index contributed by atoms with van der Waals surface area (Å²) in [6.45, 7) is 1.12. The van der Waals surface area contributed by atoms with Crippen molar-refractivity contribution in [1.82, 2.24) is 20.0 Å². The van der Waals surface area contributed by atoms with Crippen molar-refractivity contribution >= 4 is 5.84 Å². The van der Waals surface area contributed by atoms with E-state index in [0.29, 0.717) is 13.2 Å². The van der Waals surface area contributed by atoms with Gasteiger partial charge in [-0.3, -0.25) is 5.32 Å². The van der Waals surface area contributed by atoms with E-state index in [0.717, 1.165) is 48.5 Å². The minimum absolute atomic E-state index is 0.181. The lowest BCUT2D eigenvalue weighted by Gasteiger charge is -2.35. The normalized spacial score (nSPS) is 27.2. The summed E-state index contributed by atoms with van der Waals surface area (Å²) >= 11 is 0. The summed E-state index contributed by atoms with van der Waals surface area (Å²) < 4.78 is 38.3. The smallest absolute Gasteiger partial charge is 0.393 e. The number of likely N-dealkylation sites (N-methyl/N-ethyl adjacent to an activating group) is 2. The second-order valence-corrected chi connectivity index (χ2v) is 8.06. The first-order chi connectivity index (χ1) is 13.7. The number of halogens is 3.